The fraction of sp³-hybridized carbons (Fsp3) is 0.192. The molecule has 1 amide bonds. The van der Waals surface area contributed by atoms with Crippen LogP contribution in [0.4, 0.5) is 5.69 Å². The van der Waals surface area contributed by atoms with Crippen molar-refractivity contribution in [3.05, 3.63) is 87.7 Å². The van der Waals surface area contributed by atoms with E-state index in [-0.39, 0.29) is 11.5 Å². The topological polar surface area (TPSA) is 119 Å². The number of carboxylic acid groups (broad SMARTS) is 1. The summed E-state index contributed by atoms with van der Waals surface area (Å²) in [5.74, 6) is -1.60. The van der Waals surface area contributed by atoms with Crippen LogP contribution >= 0.6 is 23.1 Å². The Balaban J connectivity index is 1.45. The van der Waals surface area contributed by atoms with E-state index in [0.717, 1.165) is 28.7 Å². The van der Waals surface area contributed by atoms with E-state index in [2.05, 4.69) is 14.9 Å². The number of carboxylic acids is 1. The summed E-state index contributed by atoms with van der Waals surface area (Å²) in [4.78, 5) is 24.3. The molecule has 0 saturated heterocycles. The van der Waals surface area contributed by atoms with Crippen molar-refractivity contribution in [2.75, 3.05) is 5.32 Å². The van der Waals surface area contributed by atoms with Crippen LogP contribution in [-0.4, -0.2) is 26.6 Å². The van der Waals surface area contributed by atoms with Gasteiger partial charge in [-0.15, -0.1) is 5.10 Å². The highest BCUT2D eigenvalue weighted by Crippen LogP contribution is 2.39. The molecule has 0 bridgehead atoms. The first-order valence-corrected chi connectivity index (χ1v) is 12.5. The summed E-state index contributed by atoms with van der Waals surface area (Å²) in [6.07, 6.45) is 4.08. The lowest BCUT2D eigenvalue weighted by Crippen LogP contribution is -2.37. The lowest BCUT2D eigenvalue weighted by atomic mass is 9.94. The molecule has 2 N–H and O–H groups in total. The highest BCUT2D eigenvalue weighted by molar-refractivity contribution is 7.03. The lowest BCUT2D eigenvalue weighted by molar-refractivity contribution is -0.614. The van der Waals surface area contributed by atoms with E-state index in [4.69, 9.17) is 16.7 Å². The molecule has 4 aromatic rings. The van der Waals surface area contributed by atoms with Gasteiger partial charge in [-0.1, -0.05) is 35.0 Å². The third kappa shape index (κ3) is 5.22. The summed E-state index contributed by atoms with van der Waals surface area (Å²) in [5, 5.41) is 31.6. The molecule has 0 aliphatic heterocycles. The summed E-state index contributed by atoms with van der Waals surface area (Å²) in [7, 11) is 0. The number of rotatable bonds is 8. The zero-order valence-electron chi connectivity index (χ0n) is 18.9. The average Bonchev–Trinajstić information content (AvgIpc) is 3.52. The molecule has 1 fully saturated rings. The van der Waals surface area contributed by atoms with Gasteiger partial charge in [-0.05, 0) is 71.9 Å². The van der Waals surface area contributed by atoms with Gasteiger partial charge in [0, 0.05) is 33.3 Å². The van der Waals surface area contributed by atoms with Gasteiger partial charge in [0.1, 0.15) is 11.6 Å². The Bertz CT molecular complexity index is 1420. The third-order valence-corrected chi connectivity index (χ3v) is 6.95. The molecule has 36 heavy (non-hydrogen) atoms. The van der Waals surface area contributed by atoms with Crippen LogP contribution in [0.2, 0.25) is 5.02 Å². The fourth-order valence-corrected chi connectivity index (χ4v) is 4.79. The number of carbonyl (C=O) groups excluding carboxylic acids is 1. The van der Waals surface area contributed by atoms with Crippen molar-refractivity contribution in [3.8, 4) is 22.4 Å². The molecule has 8 nitrogen and oxygen atoms in total. The van der Waals surface area contributed by atoms with Crippen molar-refractivity contribution in [2.24, 2.45) is 5.92 Å². The van der Waals surface area contributed by atoms with Crippen molar-refractivity contribution in [1.29, 1.82) is 0 Å². The van der Waals surface area contributed by atoms with E-state index < -0.39 is 11.9 Å². The number of benzene rings is 2. The zero-order chi connectivity index (χ0) is 25.2. The fourth-order valence-electron chi connectivity index (χ4n) is 4.16. The summed E-state index contributed by atoms with van der Waals surface area (Å²) >= 11 is 7.49. The number of anilines is 1. The summed E-state index contributed by atoms with van der Waals surface area (Å²) in [5.41, 5.74) is 3.84. The molecule has 1 aliphatic carbocycles. The summed E-state index contributed by atoms with van der Waals surface area (Å²) in [6, 6.07) is 14.8. The summed E-state index contributed by atoms with van der Waals surface area (Å²) in [6.45, 7) is 0. The molecule has 0 spiro atoms. The minimum Gasteiger partial charge on any atom is -0.618 e. The van der Waals surface area contributed by atoms with Crippen molar-refractivity contribution >= 4 is 40.7 Å². The first-order valence-electron chi connectivity index (χ1n) is 11.3. The SMILES string of the molecule is O=C(O)c1ccc(NC(=O)C(CC2CC2)c2ccc(-c3cc(Cl)ccc3-c3csnn3)c[n+]2[O-])cc1. The standard InChI is InChI=1S/C26H21ClN4O4S/c27-18-6-9-20(23-14-36-30-29-23)21(12-18)17-5-10-24(31(35)13-17)22(11-15-1-2-15)25(32)28-19-7-3-16(4-8-19)26(33)34/h3-10,12-15,22H,1-2,11H2,(H,28,32)(H,33,34). The Labute approximate surface area is 215 Å². The molecular weight excluding hydrogens is 500 g/mol. The smallest absolute Gasteiger partial charge is 0.335 e. The summed E-state index contributed by atoms with van der Waals surface area (Å²) < 4.78 is 4.68. The van der Waals surface area contributed by atoms with Gasteiger partial charge < -0.3 is 15.6 Å². The number of hydrogen-bond donors (Lipinski definition) is 2. The van der Waals surface area contributed by atoms with Crippen LogP contribution < -0.4 is 10.0 Å². The van der Waals surface area contributed by atoms with Crippen LogP contribution in [0, 0.1) is 11.1 Å². The van der Waals surface area contributed by atoms with Gasteiger partial charge >= 0.3 is 5.97 Å². The largest absolute Gasteiger partial charge is 0.618 e. The van der Waals surface area contributed by atoms with Crippen LogP contribution in [0.1, 0.15) is 41.2 Å². The Morgan fingerprint density at radius 1 is 1.14 bits per heavy atom. The molecule has 2 aromatic heterocycles. The second-order valence-electron chi connectivity index (χ2n) is 8.75. The first kappa shape index (κ1) is 23.9. The van der Waals surface area contributed by atoms with Crippen molar-refractivity contribution < 1.29 is 19.4 Å². The molecule has 1 atom stereocenters. The Morgan fingerprint density at radius 3 is 2.56 bits per heavy atom. The van der Waals surface area contributed by atoms with Gasteiger partial charge in [-0.2, -0.15) is 4.73 Å². The van der Waals surface area contributed by atoms with E-state index >= 15 is 0 Å². The number of pyridine rings is 1. The van der Waals surface area contributed by atoms with Gasteiger partial charge in [-0.3, -0.25) is 4.79 Å². The van der Waals surface area contributed by atoms with Gasteiger partial charge in [0.15, 0.2) is 6.20 Å². The molecule has 0 radical (unpaired) electrons. The van der Waals surface area contributed by atoms with E-state index in [1.165, 1.54) is 42.0 Å². The molecule has 10 heteroatoms. The highest BCUT2D eigenvalue weighted by Gasteiger charge is 2.35. The van der Waals surface area contributed by atoms with Crippen molar-refractivity contribution in [3.63, 3.8) is 0 Å². The quantitative estimate of drug-likeness (QED) is 0.238. The van der Waals surface area contributed by atoms with Crippen LogP contribution in [0.3, 0.4) is 0 Å². The Morgan fingerprint density at radius 2 is 1.92 bits per heavy atom. The maximum atomic E-state index is 13.2. The van der Waals surface area contributed by atoms with Crippen molar-refractivity contribution in [2.45, 2.75) is 25.2 Å². The number of carbonyl (C=O) groups is 2. The van der Waals surface area contributed by atoms with Crippen molar-refractivity contribution in [1.82, 2.24) is 9.59 Å². The van der Waals surface area contributed by atoms with E-state index in [0.29, 0.717) is 40.0 Å². The number of nitrogens with one attached hydrogen (secondary N) is 1. The average molecular weight is 521 g/mol. The van der Waals surface area contributed by atoms with Gasteiger partial charge in [0.2, 0.25) is 11.6 Å². The van der Waals surface area contributed by atoms with E-state index in [1.807, 2.05) is 17.5 Å². The normalized spacial score (nSPS) is 13.8. The monoisotopic (exact) mass is 520 g/mol. The second kappa shape index (κ2) is 10.0. The number of amides is 1. The Hall–Kier alpha value is -3.82. The number of aromatic carboxylic acids is 1. The molecule has 1 aliphatic rings. The highest BCUT2D eigenvalue weighted by atomic mass is 35.5. The van der Waals surface area contributed by atoms with Gasteiger partial charge in [-0.25, -0.2) is 4.79 Å². The maximum Gasteiger partial charge on any atom is 0.335 e. The predicted octanol–water partition coefficient (Wildman–Crippen LogP) is 5.38. The van der Waals surface area contributed by atoms with Crippen LogP contribution in [-0.2, 0) is 4.79 Å². The number of halogens is 1. The predicted molar refractivity (Wildman–Crippen MR) is 137 cm³/mol. The number of hydrogen-bond acceptors (Lipinski definition) is 6. The van der Waals surface area contributed by atoms with Gasteiger partial charge in [0.25, 0.3) is 0 Å². The minimum atomic E-state index is -1.04. The van der Waals surface area contributed by atoms with Gasteiger partial charge in [0.05, 0.1) is 5.56 Å². The molecule has 182 valence electrons. The minimum absolute atomic E-state index is 0.129. The molecule has 2 aromatic carbocycles. The first-order chi connectivity index (χ1) is 17.4. The van der Waals surface area contributed by atoms with E-state index in [9.17, 15) is 14.8 Å². The van der Waals surface area contributed by atoms with E-state index in [1.54, 1.807) is 18.2 Å². The van der Waals surface area contributed by atoms with Crippen LogP contribution in [0.25, 0.3) is 22.4 Å². The molecule has 1 saturated carbocycles. The van der Waals surface area contributed by atoms with Crippen LogP contribution in [0.5, 0.6) is 0 Å². The molecule has 5 rings (SSSR count). The van der Waals surface area contributed by atoms with Crippen LogP contribution in [0.15, 0.2) is 66.2 Å². The number of nitrogens with zero attached hydrogens (tertiary/aromatic N) is 3. The third-order valence-electron chi connectivity index (χ3n) is 6.21. The number of aromatic nitrogens is 3. The zero-order valence-corrected chi connectivity index (χ0v) is 20.5. The lowest BCUT2D eigenvalue weighted by Gasteiger charge is -2.17. The Kier molecular flexibility index (Phi) is 6.67. The second-order valence-corrected chi connectivity index (χ2v) is 9.80. The molecular formula is C26H21ClN4O4S. The molecule has 2 heterocycles. The maximum absolute atomic E-state index is 13.2. The molecule has 1 unspecified atom stereocenters.